The lowest BCUT2D eigenvalue weighted by molar-refractivity contribution is -0.137. The lowest BCUT2D eigenvalue weighted by Gasteiger charge is -2.12. The Bertz CT molecular complexity index is 243. The molecule has 1 rings (SSSR count). The van der Waals surface area contributed by atoms with Crippen LogP contribution in [0.15, 0.2) is 11.3 Å². The van der Waals surface area contributed by atoms with Gasteiger partial charge in [0.05, 0.1) is 6.10 Å². The molecule has 0 aromatic rings. The second kappa shape index (κ2) is 3.92. The van der Waals surface area contributed by atoms with Gasteiger partial charge in [0.25, 0.3) is 0 Å². The Hall–Kier alpha value is -0.830. The average molecular weight is 184 g/mol. The van der Waals surface area contributed by atoms with Crippen LogP contribution >= 0.6 is 0 Å². The third-order valence-electron chi connectivity index (χ3n) is 2.56. The molecule has 0 spiro atoms. The number of carbonyl (C=O) groups is 1. The first-order valence-electron chi connectivity index (χ1n) is 4.62. The van der Waals surface area contributed by atoms with Crippen LogP contribution in [-0.2, 0) is 9.53 Å². The summed E-state index contributed by atoms with van der Waals surface area (Å²) in [6.07, 6.45) is 0.987. The predicted octanol–water partition coefficient (Wildman–Crippen LogP) is 1.61. The monoisotopic (exact) mass is 184 g/mol. The van der Waals surface area contributed by atoms with Gasteiger partial charge in [-0.15, -0.1) is 0 Å². The first-order valence-corrected chi connectivity index (χ1v) is 4.62. The van der Waals surface area contributed by atoms with Crippen LogP contribution in [0.5, 0.6) is 0 Å². The van der Waals surface area contributed by atoms with E-state index in [1.807, 2.05) is 13.8 Å². The van der Waals surface area contributed by atoms with Crippen LogP contribution in [-0.4, -0.2) is 17.2 Å². The zero-order chi connectivity index (χ0) is 10.0. The van der Waals surface area contributed by atoms with Crippen molar-refractivity contribution >= 4 is 5.97 Å². The van der Waals surface area contributed by atoms with Crippen LogP contribution in [0.1, 0.15) is 33.6 Å². The minimum Gasteiger partial charge on any atom is -0.431 e. The van der Waals surface area contributed by atoms with Crippen molar-refractivity contribution in [2.75, 3.05) is 0 Å². The van der Waals surface area contributed by atoms with Gasteiger partial charge >= 0.3 is 5.97 Å². The second-order valence-electron chi connectivity index (χ2n) is 3.49. The van der Waals surface area contributed by atoms with Crippen LogP contribution in [0.2, 0.25) is 0 Å². The van der Waals surface area contributed by atoms with Gasteiger partial charge in [-0.1, -0.05) is 6.92 Å². The van der Waals surface area contributed by atoms with Crippen molar-refractivity contribution in [3.05, 3.63) is 11.3 Å². The van der Waals surface area contributed by atoms with E-state index in [1.54, 1.807) is 0 Å². The van der Waals surface area contributed by atoms with Crippen molar-refractivity contribution in [1.82, 2.24) is 0 Å². The Labute approximate surface area is 78.4 Å². The van der Waals surface area contributed by atoms with E-state index in [0.717, 1.165) is 12.0 Å². The molecule has 0 unspecified atom stereocenters. The van der Waals surface area contributed by atoms with Gasteiger partial charge in [-0.05, 0) is 18.9 Å². The Morgan fingerprint density at radius 3 is 2.69 bits per heavy atom. The van der Waals surface area contributed by atoms with Crippen molar-refractivity contribution < 1.29 is 14.6 Å². The Morgan fingerprint density at radius 2 is 2.31 bits per heavy atom. The van der Waals surface area contributed by atoms with E-state index < -0.39 is 0 Å². The highest BCUT2D eigenvalue weighted by Gasteiger charge is 2.31. The van der Waals surface area contributed by atoms with E-state index in [0.29, 0.717) is 12.2 Å². The van der Waals surface area contributed by atoms with Gasteiger partial charge in [-0.25, -0.2) is 0 Å². The topological polar surface area (TPSA) is 46.5 Å². The molecule has 2 atom stereocenters. The molecule has 3 heteroatoms. The van der Waals surface area contributed by atoms with E-state index in [2.05, 4.69) is 0 Å². The van der Waals surface area contributed by atoms with Crippen molar-refractivity contribution in [3.8, 4) is 0 Å². The molecule has 3 nitrogen and oxygen atoms in total. The number of hydrogen-bond acceptors (Lipinski definition) is 3. The molecule has 13 heavy (non-hydrogen) atoms. The Balaban J connectivity index is 2.74. The molecular weight excluding hydrogens is 168 g/mol. The van der Waals surface area contributed by atoms with Gasteiger partial charge in [0.1, 0.15) is 5.76 Å². The van der Waals surface area contributed by atoms with Crippen molar-refractivity contribution in [3.63, 3.8) is 0 Å². The van der Waals surface area contributed by atoms with Crippen LogP contribution in [0.4, 0.5) is 0 Å². The number of rotatable bonds is 2. The molecule has 0 aromatic heterocycles. The van der Waals surface area contributed by atoms with Crippen LogP contribution < -0.4 is 0 Å². The summed E-state index contributed by atoms with van der Waals surface area (Å²) < 4.78 is 5.01. The summed E-state index contributed by atoms with van der Waals surface area (Å²) in [5.74, 6) is 0.513. The molecule has 74 valence electrons. The second-order valence-corrected chi connectivity index (χ2v) is 3.49. The largest absolute Gasteiger partial charge is 0.431 e. The zero-order valence-electron chi connectivity index (χ0n) is 8.33. The number of aliphatic hydroxyl groups excluding tert-OH is 1. The number of esters is 1. The predicted molar refractivity (Wildman–Crippen MR) is 48.9 cm³/mol. The van der Waals surface area contributed by atoms with Gasteiger partial charge in [-0.3, -0.25) is 4.79 Å². The standard InChI is InChI=1S/C10H16O3/c1-4-8-6(2)10(5-9(8)12)13-7(3)11/h8-9,12H,4-5H2,1-3H3/t8-,9-/m1/s1. The maximum atomic E-state index is 10.7. The van der Waals surface area contributed by atoms with Gasteiger partial charge in [0.2, 0.25) is 0 Å². The van der Waals surface area contributed by atoms with E-state index in [9.17, 15) is 9.90 Å². The minimum absolute atomic E-state index is 0.161. The van der Waals surface area contributed by atoms with Gasteiger partial charge in [0.15, 0.2) is 0 Å². The molecule has 0 saturated heterocycles. The summed E-state index contributed by atoms with van der Waals surface area (Å²) in [5, 5.41) is 9.61. The highest BCUT2D eigenvalue weighted by Crippen LogP contribution is 2.34. The third-order valence-corrected chi connectivity index (χ3v) is 2.56. The fourth-order valence-electron chi connectivity index (χ4n) is 1.86. The van der Waals surface area contributed by atoms with Crippen LogP contribution in [0.3, 0.4) is 0 Å². The molecular formula is C10H16O3. The summed E-state index contributed by atoms with van der Waals surface area (Å²) in [6.45, 7) is 5.32. The van der Waals surface area contributed by atoms with Crippen LogP contribution in [0, 0.1) is 5.92 Å². The summed E-state index contributed by atoms with van der Waals surface area (Å²) in [4.78, 5) is 10.7. The smallest absolute Gasteiger partial charge is 0.307 e. The molecule has 0 heterocycles. The van der Waals surface area contributed by atoms with E-state index >= 15 is 0 Å². The highest BCUT2D eigenvalue weighted by atomic mass is 16.5. The van der Waals surface area contributed by atoms with Crippen molar-refractivity contribution in [1.29, 1.82) is 0 Å². The van der Waals surface area contributed by atoms with E-state index in [1.165, 1.54) is 6.92 Å². The number of aliphatic hydroxyl groups is 1. The maximum absolute atomic E-state index is 10.7. The Kier molecular flexibility index (Phi) is 3.09. The number of hydrogen-bond donors (Lipinski definition) is 1. The van der Waals surface area contributed by atoms with Gasteiger partial charge in [-0.2, -0.15) is 0 Å². The lowest BCUT2D eigenvalue weighted by atomic mass is 9.98. The van der Waals surface area contributed by atoms with E-state index in [-0.39, 0.29) is 18.0 Å². The molecule has 0 radical (unpaired) electrons. The van der Waals surface area contributed by atoms with Crippen molar-refractivity contribution in [2.24, 2.45) is 5.92 Å². The van der Waals surface area contributed by atoms with Gasteiger partial charge in [0, 0.05) is 19.3 Å². The fourth-order valence-corrected chi connectivity index (χ4v) is 1.86. The van der Waals surface area contributed by atoms with Crippen molar-refractivity contribution in [2.45, 2.75) is 39.7 Å². The molecule has 1 aliphatic rings. The lowest BCUT2D eigenvalue weighted by Crippen LogP contribution is -2.14. The molecule has 1 N–H and O–H groups in total. The maximum Gasteiger partial charge on any atom is 0.307 e. The minimum atomic E-state index is -0.376. The third kappa shape index (κ3) is 2.10. The molecule has 0 aliphatic heterocycles. The SMILES string of the molecule is CC[C@@H]1C(C)=C(OC(C)=O)C[C@H]1O. The highest BCUT2D eigenvalue weighted by molar-refractivity contribution is 5.67. The fraction of sp³-hybridized carbons (Fsp3) is 0.700. The Morgan fingerprint density at radius 1 is 1.69 bits per heavy atom. The normalized spacial score (nSPS) is 28.0. The van der Waals surface area contributed by atoms with Crippen LogP contribution in [0.25, 0.3) is 0 Å². The number of carbonyl (C=O) groups excluding carboxylic acids is 1. The summed E-state index contributed by atoms with van der Waals surface area (Å²) >= 11 is 0. The molecule has 0 amide bonds. The van der Waals surface area contributed by atoms with E-state index in [4.69, 9.17) is 4.74 Å². The quantitative estimate of drug-likeness (QED) is 0.663. The molecule has 1 aliphatic carbocycles. The molecule has 0 aromatic carbocycles. The first kappa shape index (κ1) is 10.3. The van der Waals surface area contributed by atoms with Gasteiger partial charge < -0.3 is 9.84 Å². The summed E-state index contributed by atoms with van der Waals surface area (Å²) in [7, 11) is 0. The summed E-state index contributed by atoms with van der Waals surface area (Å²) in [5.41, 5.74) is 1.02. The average Bonchev–Trinajstić information content (AvgIpc) is 2.26. The molecule has 0 saturated carbocycles. The zero-order valence-corrected chi connectivity index (χ0v) is 8.33. The molecule has 0 fully saturated rings. The molecule has 0 bridgehead atoms. The number of ether oxygens (including phenoxy) is 1. The first-order chi connectivity index (χ1) is 6.06. The summed E-state index contributed by atoms with van der Waals surface area (Å²) in [6, 6.07) is 0.